The second-order valence-electron chi connectivity index (χ2n) is 10.9. The molecule has 1 heterocycles. The highest BCUT2D eigenvalue weighted by Crippen LogP contribution is 2.43. The van der Waals surface area contributed by atoms with Crippen molar-refractivity contribution in [3.8, 4) is 5.75 Å². The van der Waals surface area contributed by atoms with Crippen molar-refractivity contribution in [2.75, 3.05) is 27.2 Å². The number of ether oxygens (including phenoxy) is 1. The Morgan fingerprint density at radius 3 is 2.15 bits per heavy atom. The maximum absolute atomic E-state index is 12.0. The zero-order valence-electron chi connectivity index (χ0n) is 23.8. The molecule has 3 aromatic rings. The Kier molecular flexibility index (Phi) is 11.7. The Hall–Kier alpha value is -3.95. The molecule has 0 spiro atoms. The van der Waals surface area contributed by atoms with Crippen molar-refractivity contribution < 1.29 is 38.5 Å². The van der Waals surface area contributed by atoms with Crippen LogP contribution in [0.5, 0.6) is 5.75 Å². The summed E-state index contributed by atoms with van der Waals surface area (Å²) in [5.41, 5.74) is -0.308. The summed E-state index contributed by atoms with van der Waals surface area (Å²) in [5.74, 6) is -0.240. The highest BCUT2D eigenvalue weighted by Gasteiger charge is 2.44. The first-order valence-corrected chi connectivity index (χ1v) is 14.0. The third kappa shape index (κ3) is 9.88. The number of carboxylic acids is 2. The number of rotatable bonds is 12. The van der Waals surface area contributed by atoms with Crippen LogP contribution >= 0.6 is 0 Å². The molecule has 0 aliphatic heterocycles. The summed E-state index contributed by atoms with van der Waals surface area (Å²) >= 11 is 0. The van der Waals surface area contributed by atoms with E-state index in [4.69, 9.17) is 19.4 Å². The molecule has 0 saturated heterocycles. The van der Waals surface area contributed by atoms with Gasteiger partial charge in [0.25, 0.3) is 0 Å². The van der Waals surface area contributed by atoms with Crippen molar-refractivity contribution in [3.05, 3.63) is 96.2 Å². The molecule has 1 fully saturated rings. The standard InChI is InChI=1S/C28H37N2O3.C4H4O4/c1-30(2,19-12-20-32-25-17-10-5-11-18-25)22-26-21-29-27(33-26)28(31,23-13-6-3-7-14-23)24-15-8-4-9-16-24;5-3(6)1-2-4(7)8/h3,5-7,10-11,13-14,17-18,21,24,31H,4,8-9,12,15-16,19-20,22H2,1-2H3;1-2H,(H,5,6)(H,7,8)/q+1;/b;2-1-. The number of aromatic nitrogens is 1. The first-order valence-electron chi connectivity index (χ1n) is 14.0. The number of aliphatic carboxylic acids is 2. The predicted molar refractivity (Wildman–Crippen MR) is 154 cm³/mol. The molecular weight excluding hydrogens is 524 g/mol. The van der Waals surface area contributed by atoms with Gasteiger partial charge < -0.3 is 29.0 Å². The first-order chi connectivity index (χ1) is 19.6. The molecule has 0 amide bonds. The molecule has 1 aliphatic carbocycles. The largest absolute Gasteiger partial charge is 0.493 e. The van der Waals surface area contributed by atoms with E-state index < -0.39 is 17.5 Å². The van der Waals surface area contributed by atoms with Gasteiger partial charge in [-0.15, -0.1) is 0 Å². The minimum Gasteiger partial charge on any atom is -0.493 e. The number of carbonyl (C=O) groups is 2. The van der Waals surface area contributed by atoms with Gasteiger partial charge in [-0.3, -0.25) is 0 Å². The van der Waals surface area contributed by atoms with Crippen LogP contribution in [-0.2, 0) is 21.7 Å². The highest BCUT2D eigenvalue weighted by molar-refractivity contribution is 5.89. The number of hydrogen-bond acceptors (Lipinski definition) is 6. The molecule has 2 aromatic carbocycles. The summed E-state index contributed by atoms with van der Waals surface area (Å²) in [6, 6.07) is 19.8. The van der Waals surface area contributed by atoms with Gasteiger partial charge in [0.1, 0.15) is 12.3 Å². The average molecular weight is 566 g/mol. The lowest BCUT2D eigenvalue weighted by Crippen LogP contribution is -2.40. The number of oxazole rings is 1. The number of quaternary nitrogens is 1. The summed E-state index contributed by atoms with van der Waals surface area (Å²) in [5, 5.41) is 27.6. The molecule has 3 N–H and O–H groups in total. The lowest BCUT2D eigenvalue weighted by molar-refractivity contribution is -0.904. The van der Waals surface area contributed by atoms with Gasteiger partial charge in [-0.2, -0.15) is 0 Å². The number of carboxylic acid groups (broad SMARTS) is 2. The van der Waals surface area contributed by atoms with Crippen LogP contribution in [0.25, 0.3) is 0 Å². The molecule has 1 unspecified atom stereocenters. The van der Waals surface area contributed by atoms with Gasteiger partial charge in [0.2, 0.25) is 5.89 Å². The molecule has 9 heteroatoms. The molecule has 1 aromatic heterocycles. The number of hydrogen-bond donors (Lipinski definition) is 3. The third-order valence-corrected chi connectivity index (χ3v) is 7.16. The summed E-state index contributed by atoms with van der Waals surface area (Å²) in [4.78, 5) is 23.7. The Morgan fingerprint density at radius 1 is 0.976 bits per heavy atom. The molecule has 1 atom stereocenters. The number of para-hydroxylation sites is 1. The van der Waals surface area contributed by atoms with Crippen molar-refractivity contribution in [2.45, 2.75) is 50.7 Å². The zero-order chi connectivity index (χ0) is 29.7. The fourth-order valence-electron chi connectivity index (χ4n) is 5.15. The van der Waals surface area contributed by atoms with Crippen LogP contribution in [0.3, 0.4) is 0 Å². The molecule has 9 nitrogen and oxygen atoms in total. The molecule has 0 radical (unpaired) electrons. The third-order valence-electron chi connectivity index (χ3n) is 7.16. The van der Waals surface area contributed by atoms with Crippen molar-refractivity contribution >= 4 is 11.9 Å². The van der Waals surface area contributed by atoms with Crippen molar-refractivity contribution in [2.24, 2.45) is 5.92 Å². The Balaban J connectivity index is 0.000000507. The Bertz CT molecular complexity index is 1240. The van der Waals surface area contributed by atoms with Crippen LogP contribution in [-0.4, -0.2) is 64.0 Å². The second-order valence-corrected chi connectivity index (χ2v) is 10.9. The highest BCUT2D eigenvalue weighted by atomic mass is 16.5. The van der Waals surface area contributed by atoms with Gasteiger partial charge in [-0.25, -0.2) is 14.6 Å². The molecule has 1 aliphatic rings. The molecule has 220 valence electrons. The predicted octanol–water partition coefficient (Wildman–Crippen LogP) is 5.25. The lowest BCUT2D eigenvalue weighted by atomic mass is 9.73. The van der Waals surface area contributed by atoms with Crippen molar-refractivity contribution in [1.82, 2.24) is 4.98 Å². The van der Waals surface area contributed by atoms with Crippen LogP contribution < -0.4 is 4.74 Å². The summed E-state index contributed by atoms with van der Waals surface area (Å²) in [6.45, 7) is 2.35. The van der Waals surface area contributed by atoms with E-state index in [1.165, 1.54) is 6.42 Å². The van der Waals surface area contributed by atoms with Crippen LogP contribution in [0.2, 0.25) is 0 Å². The quantitative estimate of drug-likeness (QED) is 0.154. The summed E-state index contributed by atoms with van der Waals surface area (Å²) in [6.07, 6.45) is 9.36. The minimum atomic E-state index is -1.26. The molecular formula is C32H41N2O7+. The van der Waals surface area contributed by atoms with Crippen LogP contribution in [0, 0.1) is 5.92 Å². The van der Waals surface area contributed by atoms with Crippen LogP contribution in [0.1, 0.15) is 55.7 Å². The fraction of sp³-hybridized carbons (Fsp3) is 0.406. The van der Waals surface area contributed by atoms with Crippen LogP contribution in [0.15, 0.2) is 83.4 Å². The number of aliphatic hydroxyl groups is 1. The molecule has 41 heavy (non-hydrogen) atoms. The van der Waals surface area contributed by atoms with Crippen LogP contribution in [0.4, 0.5) is 0 Å². The normalized spacial score (nSPS) is 15.5. The smallest absolute Gasteiger partial charge is 0.328 e. The SMILES string of the molecule is C[N+](C)(CCCOc1ccccc1)Cc1cnc(C(O)(c2ccccc2)C2CCCCC2)o1.O=C(O)/C=C\C(=O)O. The van der Waals surface area contributed by atoms with E-state index in [1.807, 2.05) is 60.7 Å². The summed E-state index contributed by atoms with van der Waals surface area (Å²) < 4.78 is 12.9. The average Bonchev–Trinajstić information content (AvgIpc) is 3.44. The summed E-state index contributed by atoms with van der Waals surface area (Å²) in [7, 11) is 4.38. The molecule has 4 rings (SSSR count). The van der Waals surface area contributed by atoms with E-state index in [-0.39, 0.29) is 5.92 Å². The number of nitrogens with zero attached hydrogens (tertiary/aromatic N) is 2. The molecule has 1 saturated carbocycles. The second kappa shape index (κ2) is 15.2. The van der Waals surface area contributed by atoms with Gasteiger partial charge in [-0.05, 0) is 30.5 Å². The monoisotopic (exact) mass is 565 g/mol. The Labute approximate surface area is 241 Å². The first kappa shape index (κ1) is 31.6. The molecule has 0 bridgehead atoms. The van der Waals surface area contributed by atoms with E-state index in [0.717, 1.165) is 60.2 Å². The van der Waals surface area contributed by atoms with E-state index >= 15 is 0 Å². The Morgan fingerprint density at radius 2 is 1.56 bits per heavy atom. The maximum Gasteiger partial charge on any atom is 0.328 e. The number of benzene rings is 2. The topological polar surface area (TPSA) is 130 Å². The van der Waals surface area contributed by atoms with Gasteiger partial charge in [0.05, 0.1) is 33.4 Å². The van der Waals surface area contributed by atoms with E-state index in [9.17, 15) is 14.7 Å². The zero-order valence-corrected chi connectivity index (χ0v) is 23.8. The minimum absolute atomic E-state index is 0.123. The van der Waals surface area contributed by atoms with Gasteiger partial charge in [-0.1, -0.05) is 67.8 Å². The van der Waals surface area contributed by atoms with E-state index in [2.05, 4.69) is 19.1 Å². The van der Waals surface area contributed by atoms with E-state index in [1.54, 1.807) is 6.20 Å². The van der Waals surface area contributed by atoms with Gasteiger partial charge >= 0.3 is 11.9 Å². The van der Waals surface area contributed by atoms with Crippen molar-refractivity contribution in [1.29, 1.82) is 0 Å². The fourth-order valence-corrected chi connectivity index (χ4v) is 5.15. The van der Waals surface area contributed by atoms with Crippen molar-refractivity contribution in [3.63, 3.8) is 0 Å². The van der Waals surface area contributed by atoms with Gasteiger partial charge in [0.15, 0.2) is 11.4 Å². The lowest BCUT2D eigenvalue weighted by Gasteiger charge is -2.36. The maximum atomic E-state index is 12.0. The van der Waals surface area contributed by atoms with Gasteiger partial charge in [0, 0.05) is 24.5 Å². The van der Waals surface area contributed by atoms with E-state index in [0.29, 0.717) is 31.2 Å².